The summed E-state index contributed by atoms with van der Waals surface area (Å²) < 4.78 is 11.7. The van der Waals surface area contributed by atoms with Gasteiger partial charge >= 0.3 is 5.97 Å². The average Bonchev–Trinajstić information content (AvgIpc) is 2.81. The molecule has 2 atom stereocenters. The highest BCUT2D eigenvalue weighted by atomic mass is 16.5. The molecule has 0 saturated carbocycles. The van der Waals surface area contributed by atoms with E-state index in [1.54, 1.807) is 7.11 Å². The van der Waals surface area contributed by atoms with Crippen LogP contribution in [0.2, 0.25) is 0 Å². The molecule has 1 aliphatic heterocycles. The number of rotatable bonds is 3. The maximum atomic E-state index is 11.8. The normalized spacial score (nSPS) is 25.2. The van der Waals surface area contributed by atoms with E-state index in [0.717, 1.165) is 30.6 Å². The molecule has 3 rings (SSSR count). The largest absolute Gasteiger partial charge is 0.496 e. The van der Waals surface area contributed by atoms with Gasteiger partial charge in [-0.3, -0.25) is 0 Å². The molecular formula is C20H26O4. The minimum Gasteiger partial charge on any atom is -0.496 e. The van der Waals surface area contributed by atoms with Gasteiger partial charge in [-0.25, -0.2) is 4.79 Å². The van der Waals surface area contributed by atoms with Crippen molar-refractivity contribution in [3.05, 3.63) is 34.4 Å². The summed E-state index contributed by atoms with van der Waals surface area (Å²) in [6, 6.07) is 4.09. The molecule has 2 aliphatic rings. The zero-order valence-electron chi connectivity index (χ0n) is 15.1. The Morgan fingerprint density at radius 1 is 1.33 bits per heavy atom. The lowest BCUT2D eigenvalue weighted by Gasteiger charge is -2.34. The molecule has 0 fully saturated rings. The van der Waals surface area contributed by atoms with E-state index in [-0.39, 0.29) is 17.4 Å². The van der Waals surface area contributed by atoms with Crippen LogP contribution >= 0.6 is 0 Å². The van der Waals surface area contributed by atoms with Crippen molar-refractivity contribution in [3.63, 3.8) is 0 Å². The van der Waals surface area contributed by atoms with Crippen LogP contribution in [0.3, 0.4) is 0 Å². The highest BCUT2D eigenvalue weighted by molar-refractivity contribution is 5.97. The standard InChI is InChI=1S/C20H26O4/c1-11-12(2)24-18(16(11)19(21)22)14-8-9-15-13(17(14)23-5)7-6-10-20(15,3)4/h8-9,11-12H,6-7,10H2,1-5H3,(H,21,22). The maximum Gasteiger partial charge on any atom is 0.335 e. The molecule has 1 aromatic rings. The van der Waals surface area contributed by atoms with Crippen molar-refractivity contribution in [1.29, 1.82) is 0 Å². The summed E-state index contributed by atoms with van der Waals surface area (Å²) in [5, 5.41) is 9.64. The second kappa shape index (κ2) is 5.83. The smallest absolute Gasteiger partial charge is 0.335 e. The van der Waals surface area contributed by atoms with Gasteiger partial charge in [0, 0.05) is 5.92 Å². The minimum absolute atomic E-state index is 0.112. The van der Waals surface area contributed by atoms with Crippen molar-refractivity contribution in [3.8, 4) is 5.75 Å². The molecule has 24 heavy (non-hydrogen) atoms. The molecular weight excluding hydrogens is 304 g/mol. The van der Waals surface area contributed by atoms with Gasteiger partial charge < -0.3 is 14.6 Å². The van der Waals surface area contributed by atoms with Crippen LogP contribution in [0.25, 0.3) is 5.76 Å². The molecule has 1 aromatic carbocycles. The minimum atomic E-state index is -0.915. The number of carbonyl (C=O) groups is 1. The predicted octanol–water partition coefficient (Wildman–Crippen LogP) is 4.16. The average molecular weight is 330 g/mol. The second-order valence-corrected chi connectivity index (χ2v) is 7.57. The Balaban J connectivity index is 2.21. The van der Waals surface area contributed by atoms with E-state index >= 15 is 0 Å². The van der Waals surface area contributed by atoms with E-state index < -0.39 is 5.97 Å². The first-order valence-corrected chi connectivity index (χ1v) is 8.62. The third kappa shape index (κ3) is 2.48. The Kier molecular flexibility index (Phi) is 4.10. The van der Waals surface area contributed by atoms with Crippen LogP contribution in [0.5, 0.6) is 5.75 Å². The fourth-order valence-corrected chi connectivity index (χ4v) is 4.06. The molecule has 0 radical (unpaired) electrons. The Hall–Kier alpha value is -1.97. The maximum absolute atomic E-state index is 11.8. The summed E-state index contributed by atoms with van der Waals surface area (Å²) in [6.45, 7) is 8.31. The molecule has 4 heteroatoms. The number of benzene rings is 1. The van der Waals surface area contributed by atoms with Gasteiger partial charge in [0.05, 0.1) is 18.2 Å². The van der Waals surface area contributed by atoms with Crippen molar-refractivity contribution >= 4 is 11.7 Å². The highest BCUT2D eigenvalue weighted by Crippen LogP contribution is 2.46. The summed E-state index contributed by atoms with van der Waals surface area (Å²) in [6.07, 6.45) is 3.06. The number of carboxylic acid groups (broad SMARTS) is 1. The molecule has 1 N–H and O–H groups in total. The predicted molar refractivity (Wildman–Crippen MR) is 93.2 cm³/mol. The summed E-state index contributed by atoms with van der Waals surface area (Å²) in [5.41, 5.74) is 3.71. The van der Waals surface area contributed by atoms with Crippen molar-refractivity contribution in [2.45, 2.75) is 58.5 Å². The first kappa shape index (κ1) is 16.9. The number of hydrogen-bond acceptors (Lipinski definition) is 3. The Bertz CT molecular complexity index is 715. The Morgan fingerprint density at radius 3 is 2.67 bits per heavy atom. The fraction of sp³-hybridized carbons (Fsp3) is 0.550. The van der Waals surface area contributed by atoms with Gasteiger partial charge in [0.15, 0.2) is 0 Å². The zero-order valence-corrected chi connectivity index (χ0v) is 15.1. The van der Waals surface area contributed by atoms with E-state index in [9.17, 15) is 9.90 Å². The topological polar surface area (TPSA) is 55.8 Å². The summed E-state index contributed by atoms with van der Waals surface area (Å²) in [5.74, 6) is 0.178. The van der Waals surface area contributed by atoms with Crippen LogP contribution in [0.1, 0.15) is 57.2 Å². The fourth-order valence-electron chi connectivity index (χ4n) is 4.06. The van der Waals surface area contributed by atoms with E-state index in [0.29, 0.717) is 11.3 Å². The summed E-state index contributed by atoms with van der Waals surface area (Å²) in [4.78, 5) is 11.8. The molecule has 0 spiro atoms. The summed E-state index contributed by atoms with van der Waals surface area (Å²) >= 11 is 0. The lowest BCUT2D eigenvalue weighted by atomic mass is 9.72. The van der Waals surface area contributed by atoms with Gasteiger partial charge in [-0.2, -0.15) is 0 Å². The van der Waals surface area contributed by atoms with Crippen molar-refractivity contribution < 1.29 is 19.4 Å². The first-order valence-electron chi connectivity index (χ1n) is 8.62. The molecule has 0 bridgehead atoms. The Morgan fingerprint density at radius 2 is 2.04 bits per heavy atom. The van der Waals surface area contributed by atoms with Crippen molar-refractivity contribution in [1.82, 2.24) is 0 Å². The third-order valence-electron chi connectivity index (χ3n) is 5.61. The van der Waals surface area contributed by atoms with E-state index in [4.69, 9.17) is 9.47 Å². The Labute approximate surface area is 143 Å². The molecule has 130 valence electrons. The molecule has 1 aliphatic carbocycles. The van der Waals surface area contributed by atoms with Gasteiger partial charge in [-0.15, -0.1) is 0 Å². The molecule has 0 amide bonds. The van der Waals surface area contributed by atoms with Crippen LogP contribution in [0.4, 0.5) is 0 Å². The summed E-state index contributed by atoms with van der Waals surface area (Å²) in [7, 11) is 1.66. The third-order valence-corrected chi connectivity index (χ3v) is 5.61. The molecule has 0 aromatic heterocycles. The number of hydrogen-bond donors (Lipinski definition) is 1. The number of carboxylic acids is 1. The number of fused-ring (bicyclic) bond motifs is 1. The van der Waals surface area contributed by atoms with E-state index in [1.165, 1.54) is 11.1 Å². The second-order valence-electron chi connectivity index (χ2n) is 7.57. The first-order chi connectivity index (χ1) is 11.3. The number of aliphatic carboxylic acids is 1. The molecule has 0 saturated heterocycles. The van der Waals surface area contributed by atoms with Gasteiger partial charge in [0.25, 0.3) is 0 Å². The molecule has 1 heterocycles. The lowest BCUT2D eigenvalue weighted by molar-refractivity contribution is -0.133. The lowest BCUT2D eigenvalue weighted by Crippen LogP contribution is -2.24. The van der Waals surface area contributed by atoms with Gasteiger partial charge in [-0.1, -0.05) is 26.8 Å². The van der Waals surface area contributed by atoms with Gasteiger partial charge in [0.1, 0.15) is 17.6 Å². The monoisotopic (exact) mass is 330 g/mol. The van der Waals surface area contributed by atoms with Crippen LogP contribution < -0.4 is 4.74 Å². The molecule has 2 unspecified atom stereocenters. The number of methoxy groups -OCH3 is 1. The van der Waals surface area contributed by atoms with E-state index in [1.807, 2.05) is 19.9 Å². The van der Waals surface area contributed by atoms with Gasteiger partial charge in [-0.05, 0) is 48.8 Å². The van der Waals surface area contributed by atoms with Gasteiger partial charge in [0.2, 0.25) is 0 Å². The van der Waals surface area contributed by atoms with Crippen molar-refractivity contribution in [2.75, 3.05) is 7.11 Å². The van der Waals surface area contributed by atoms with Crippen LogP contribution in [0, 0.1) is 5.92 Å². The SMILES string of the molecule is COc1c(C2=C(C(=O)O)C(C)C(C)O2)ccc2c1CCCC2(C)C. The quantitative estimate of drug-likeness (QED) is 0.904. The van der Waals surface area contributed by atoms with Crippen LogP contribution in [0.15, 0.2) is 17.7 Å². The zero-order chi connectivity index (χ0) is 17.6. The highest BCUT2D eigenvalue weighted by Gasteiger charge is 2.38. The van der Waals surface area contributed by atoms with Crippen LogP contribution in [-0.4, -0.2) is 24.3 Å². The number of ether oxygens (including phenoxy) is 2. The van der Waals surface area contributed by atoms with Crippen LogP contribution in [-0.2, 0) is 21.4 Å². The molecule has 4 nitrogen and oxygen atoms in total. The van der Waals surface area contributed by atoms with Crippen molar-refractivity contribution in [2.24, 2.45) is 5.92 Å². The van der Waals surface area contributed by atoms with E-state index in [2.05, 4.69) is 19.9 Å².